The lowest BCUT2D eigenvalue weighted by atomic mass is 9.83. The maximum Gasteiger partial charge on any atom is 0.216 e. The third-order valence-electron chi connectivity index (χ3n) is 3.38. The highest BCUT2D eigenvalue weighted by atomic mass is 16.1. The first kappa shape index (κ1) is 16.5. The van der Waals surface area contributed by atoms with Crippen molar-refractivity contribution in [2.45, 2.75) is 79.1 Å². The average molecular weight is 241 g/mol. The summed E-state index contributed by atoms with van der Waals surface area (Å²) in [6.45, 7) is 9.27. The van der Waals surface area contributed by atoms with E-state index >= 15 is 0 Å². The highest BCUT2D eigenvalue weighted by molar-refractivity contribution is 5.72. The van der Waals surface area contributed by atoms with Crippen LogP contribution in [0.2, 0.25) is 0 Å². The van der Waals surface area contributed by atoms with E-state index in [0.29, 0.717) is 5.41 Å². The van der Waals surface area contributed by atoms with Gasteiger partial charge in [-0.3, -0.25) is 4.79 Å². The Labute approximate surface area is 108 Å². The average Bonchev–Trinajstić information content (AvgIpc) is 2.22. The van der Waals surface area contributed by atoms with E-state index in [1.54, 1.807) is 6.92 Å². The van der Waals surface area contributed by atoms with Crippen LogP contribution in [0.5, 0.6) is 0 Å². The summed E-state index contributed by atoms with van der Waals surface area (Å²) in [5.41, 5.74) is 0.368. The number of hydrogen-bond acceptors (Lipinski definition) is 1. The van der Waals surface area contributed by atoms with Crippen LogP contribution in [-0.4, -0.2) is 12.5 Å². The van der Waals surface area contributed by atoms with Gasteiger partial charge in [-0.1, -0.05) is 59.3 Å². The Bertz CT molecular complexity index is 199. The molecule has 2 heteroatoms. The molecule has 0 saturated carbocycles. The molecule has 0 aromatic carbocycles. The number of unbranched alkanes of at least 4 members (excludes halogenated alkanes) is 5. The molecule has 0 aromatic heterocycles. The molecule has 0 aromatic rings. The highest BCUT2D eigenvalue weighted by Gasteiger charge is 2.16. The minimum absolute atomic E-state index is 0.0837. The van der Waals surface area contributed by atoms with Crippen molar-refractivity contribution in [1.29, 1.82) is 0 Å². The molecule has 1 amide bonds. The van der Waals surface area contributed by atoms with E-state index in [0.717, 1.165) is 13.0 Å². The predicted octanol–water partition coefficient (Wildman–Crippen LogP) is 4.29. The largest absolute Gasteiger partial charge is 0.356 e. The smallest absolute Gasteiger partial charge is 0.216 e. The minimum Gasteiger partial charge on any atom is -0.356 e. The summed E-state index contributed by atoms with van der Waals surface area (Å²) in [6.07, 6.45) is 10.5. The fraction of sp³-hybridized carbons (Fsp3) is 0.933. The molecule has 0 rings (SSSR count). The topological polar surface area (TPSA) is 29.1 Å². The van der Waals surface area contributed by atoms with Crippen LogP contribution >= 0.6 is 0 Å². The summed E-state index contributed by atoms with van der Waals surface area (Å²) >= 11 is 0. The molecule has 0 bridgehead atoms. The zero-order valence-corrected chi connectivity index (χ0v) is 12.3. The van der Waals surface area contributed by atoms with Crippen molar-refractivity contribution >= 4 is 5.91 Å². The van der Waals surface area contributed by atoms with Crippen molar-refractivity contribution < 1.29 is 4.79 Å². The van der Waals surface area contributed by atoms with Gasteiger partial charge in [-0.15, -0.1) is 0 Å². The van der Waals surface area contributed by atoms with E-state index in [4.69, 9.17) is 0 Å². The number of carbonyl (C=O) groups excluding carboxylic acids is 1. The minimum atomic E-state index is 0.0837. The fourth-order valence-electron chi connectivity index (χ4n) is 2.09. The van der Waals surface area contributed by atoms with Gasteiger partial charge in [0, 0.05) is 13.5 Å². The lowest BCUT2D eigenvalue weighted by Gasteiger charge is -2.24. The lowest BCUT2D eigenvalue weighted by Crippen LogP contribution is -2.25. The van der Waals surface area contributed by atoms with Crippen LogP contribution in [0.1, 0.15) is 79.1 Å². The summed E-state index contributed by atoms with van der Waals surface area (Å²) in [7, 11) is 0. The van der Waals surface area contributed by atoms with Crippen LogP contribution in [0.15, 0.2) is 0 Å². The maximum atomic E-state index is 10.8. The highest BCUT2D eigenvalue weighted by Crippen LogP contribution is 2.27. The van der Waals surface area contributed by atoms with Gasteiger partial charge in [0.05, 0.1) is 0 Å². The van der Waals surface area contributed by atoms with Crippen molar-refractivity contribution in [2.24, 2.45) is 5.41 Å². The molecule has 102 valence electrons. The van der Waals surface area contributed by atoms with Crippen molar-refractivity contribution in [3.63, 3.8) is 0 Å². The summed E-state index contributed by atoms with van der Waals surface area (Å²) in [5.74, 6) is 0.0837. The van der Waals surface area contributed by atoms with E-state index in [2.05, 4.69) is 26.1 Å². The summed E-state index contributed by atoms with van der Waals surface area (Å²) in [6, 6.07) is 0. The molecule has 0 aliphatic heterocycles. The number of nitrogens with one attached hydrogen (secondary N) is 1. The van der Waals surface area contributed by atoms with Gasteiger partial charge in [0.1, 0.15) is 0 Å². The Morgan fingerprint density at radius 2 is 1.59 bits per heavy atom. The Hall–Kier alpha value is -0.530. The van der Waals surface area contributed by atoms with Crippen molar-refractivity contribution in [1.82, 2.24) is 5.32 Å². The molecule has 0 heterocycles. The van der Waals surface area contributed by atoms with Gasteiger partial charge in [0.2, 0.25) is 5.91 Å². The Morgan fingerprint density at radius 1 is 1.00 bits per heavy atom. The molecule has 0 saturated heterocycles. The Balaban J connectivity index is 3.46. The summed E-state index contributed by atoms with van der Waals surface area (Å²) < 4.78 is 0. The van der Waals surface area contributed by atoms with Crippen LogP contribution < -0.4 is 5.32 Å². The number of amides is 1. The molecule has 0 unspecified atom stereocenters. The van der Waals surface area contributed by atoms with Gasteiger partial charge in [-0.05, 0) is 18.3 Å². The van der Waals surface area contributed by atoms with Gasteiger partial charge in [-0.2, -0.15) is 0 Å². The van der Waals surface area contributed by atoms with Crippen LogP contribution in [-0.2, 0) is 4.79 Å². The predicted molar refractivity (Wildman–Crippen MR) is 75.1 cm³/mol. The first-order chi connectivity index (χ1) is 7.98. The first-order valence-electron chi connectivity index (χ1n) is 7.22. The normalized spacial score (nSPS) is 11.5. The standard InChI is InChI=1S/C15H31NO/c1-5-6-7-8-9-10-11-15(3,4)12-13-16-14(2)17/h5-13H2,1-4H3,(H,16,17). The zero-order chi connectivity index (χ0) is 13.1. The molecule has 0 fully saturated rings. The Morgan fingerprint density at radius 3 is 2.18 bits per heavy atom. The van der Waals surface area contributed by atoms with Gasteiger partial charge in [0.25, 0.3) is 0 Å². The van der Waals surface area contributed by atoms with E-state index in [9.17, 15) is 4.79 Å². The molecule has 0 aliphatic carbocycles. The van der Waals surface area contributed by atoms with E-state index in [-0.39, 0.29) is 5.91 Å². The second-order valence-corrected chi connectivity index (χ2v) is 5.91. The van der Waals surface area contributed by atoms with Gasteiger partial charge in [-0.25, -0.2) is 0 Å². The molecule has 2 nitrogen and oxygen atoms in total. The first-order valence-corrected chi connectivity index (χ1v) is 7.22. The molecule has 0 atom stereocenters. The van der Waals surface area contributed by atoms with Gasteiger partial charge in [0.15, 0.2) is 0 Å². The zero-order valence-electron chi connectivity index (χ0n) is 12.3. The third kappa shape index (κ3) is 11.7. The molecule has 17 heavy (non-hydrogen) atoms. The van der Waals surface area contributed by atoms with Crippen molar-refractivity contribution in [3.8, 4) is 0 Å². The number of hydrogen-bond donors (Lipinski definition) is 1. The molecule has 0 aliphatic rings. The third-order valence-corrected chi connectivity index (χ3v) is 3.38. The SMILES string of the molecule is CCCCCCCCC(C)(C)CCNC(C)=O. The monoisotopic (exact) mass is 241 g/mol. The molecular weight excluding hydrogens is 210 g/mol. The molecular formula is C15H31NO. The van der Waals surface area contributed by atoms with Crippen LogP contribution in [0.4, 0.5) is 0 Å². The Kier molecular flexibility index (Phi) is 9.20. The van der Waals surface area contributed by atoms with Crippen LogP contribution in [0.25, 0.3) is 0 Å². The lowest BCUT2D eigenvalue weighted by molar-refractivity contribution is -0.119. The molecule has 1 N–H and O–H groups in total. The van der Waals surface area contributed by atoms with E-state index < -0.39 is 0 Å². The van der Waals surface area contributed by atoms with Crippen LogP contribution in [0, 0.1) is 5.41 Å². The van der Waals surface area contributed by atoms with Crippen molar-refractivity contribution in [3.05, 3.63) is 0 Å². The summed E-state index contributed by atoms with van der Waals surface area (Å²) in [4.78, 5) is 10.8. The molecule has 0 radical (unpaired) electrons. The second-order valence-electron chi connectivity index (χ2n) is 5.91. The van der Waals surface area contributed by atoms with Crippen molar-refractivity contribution in [2.75, 3.05) is 6.54 Å². The summed E-state index contributed by atoms with van der Waals surface area (Å²) in [5, 5.41) is 2.88. The maximum absolute atomic E-state index is 10.8. The van der Waals surface area contributed by atoms with Gasteiger partial charge < -0.3 is 5.32 Å². The number of rotatable bonds is 10. The van der Waals surface area contributed by atoms with E-state index in [1.165, 1.54) is 44.9 Å². The number of carbonyl (C=O) groups is 1. The van der Waals surface area contributed by atoms with Gasteiger partial charge >= 0.3 is 0 Å². The molecule has 0 spiro atoms. The quantitative estimate of drug-likeness (QED) is 0.568. The fourth-order valence-corrected chi connectivity index (χ4v) is 2.09. The van der Waals surface area contributed by atoms with Crippen LogP contribution in [0.3, 0.4) is 0 Å². The van der Waals surface area contributed by atoms with E-state index in [1.807, 2.05) is 0 Å². The second kappa shape index (κ2) is 9.49.